The van der Waals surface area contributed by atoms with Gasteiger partial charge in [0.2, 0.25) is 0 Å². The molecule has 2 aromatic heterocycles. The van der Waals surface area contributed by atoms with E-state index in [2.05, 4.69) is 57.0 Å². The number of halogens is 1. The summed E-state index contributed by atoms with van der Waals surface area (Å²) < 4.78 is 0. The molecule has 28 heavy (non-hydrogen) atoms. The van der Waals surface area contributed by atoms with Crippen LogP contribution in [-0.2, 0) is 0 Å². The molecule has 0 radical (unpaired) electrons. The number of nitrogens with zero attached hydrogens (tertiary/aromatic N) is 4. The molecule has 1 saturated heterocycles. The SMILES string of the molecule is CCN1CCN(c2ccc3nc(-c4n[nH]c5cc(Cl)ccc45)[nH]c3c2)[C@H](C)C1. The number of rotatable bonds is 3. The van der Waals surface area contributed by atoms with Crippen LogP contribution < -0.4 is 4.90 Å². The van der Waals surface area contributed by atoms with Crippen molar-refractivity contribution in [2.24, 2.45) is 0 Å². The lowest BCUT2D eigenvalue weighted by Crippen LogP contribution is -2.51. The summed E-state index contributed by atoms with van der Waals surface area (Å²) in [4.78, 5) is 13.2. The fourth-order valence-electron chi connectivity index (χ4n) is 4.16. The van der Waals surface area contributed by atoms with Crippen molar-refractivity contribution in [2.45, 2.75) is 19.9 Å². The first-order chi connectivity index (χ1) is 13.6. The number of likely N-dealkylation sites (N-methyl/N-ethyl adjacent to an activating group) is 1. The van der Waals surface area contributed by atoms with Gasteiger partial charge in [0.05, 0.1) is 16.6 Å². The first kappa shape index (κ1) is 17.5. The third kappa shape index (κ3) is 2.93. The van der Waals surface area contributed by atoms with Crippen LogP contribution in [0.15, 0.2) is 36.4 Å². The molecule has 2 aromatic carbocycles. The number of aromatic nitrogens is 4. The summed E-state index contributed by atoms with van der Waals surface area (Å²) in [6, 6.07) is 12.7. The largest absolute Gasteiger partial charge is 0.366 e. The molecule has 3 heterocycles. The van der Waals surface area contributed by atoms with E-state index in [-0.39, 0.29) is 0 Å². The molecule has 0 unspecified atom stereocenters. The van der Waals surface area contributed by atoms with Gasteiger partial charge in [-0.1, -0.05) is 18.5 Å². The molecular weight excluding hydrogens is 372 g/mol. The molecule has 1 aliphatic rings. The van der Waals surface area contributed by atoms with E-state index in [0.717, 1.165) is 59.6 Å². The number of anilines is 1. The Labute approximate surface area is 168 Å². The lowest BCUT2D eigenvalue weighted by Gasteiger charge is -2.41. The Kier molecular flexibility index (Phi) is 4.25. The summed E-state index contributed by atoms with van der Waals surface area (Å²) in [5.41, 5.74) is 4.94. The Bertz CT molecular complexity index is 1150. The molecule has 6 nitrogen and oxygen atoms in total. The molecule has 0 bridgehead atoms. The Balaban J connectivity index is 1.50. The van der Waals surface area contributed by atoms with Crippen molar-refractivity contribution in [2.75, 3.05) is 31.1 Å². The molecule has 0 saturated carbocycles. The van der Waals surface area contributed by atoms with Crippen molar-refractivity contribution in [1.29, 1.82) is 0 Å². The second-order valence-corrected chi connectivity index (χ2v) is 7.92. The van der Waals surface area contributed by atoms with Gasteiger partial charge < -0.3 is 9.88 Å². The fraction of sp³-hybridized carbons (Fsp3) is 0.333. The molecule has 1 atom stereocenters. The van der Waals surface area contributed by atoms with Crippen LogP contribution in [0.4, 0.5) is 5.69 Å². The van der Waals surface area contributed by atoms with Gasteiger partial charge in [0.15, 0.2) is 5.82 Å². The zero-order chi connectivity index (χ0) is 19.3. The van der Waals surface area contributed by atoms with Crippen molar-refractivity contribution >= 4 is 39.2 Å². The smallest absolute Gasteiger partial charge is 0.159 e. The molecule has 7 heteroatoms. The molecule has 0 aliphatic carbocycles. The van der Waals surface area contributed by atoms with Gasteiger partial charge in [-0.25, -0.2) is 4.98 Å². The predicted molar refractivity (Wildman–Crippen MR) is 115 cm³/mol. The van der Waals surface area contributed by atoms with Crippen LogP contribution in [-0.4, -0.2) is 57.3 Å². The number of aromatic amines is 2. The van der Waals surface area contributed by atoms with E-state index < -0.39 is 0 Å². The maximum absolute atomic E-state index is 6.08. The second kappa shape index (κ2) is 6.79. The highest BCUT2D eigenvalue weighted by Gasteiger charge is 2.23. The van der Waals surface area contributed by atoms with Gasteiger partial charge in [0.25, 0.3) is 0 Å². The summed E-state index contributed by atoms with van der Waals surface area (Å²) in [6.07, 6.45) is 0. The van der Waals surface area contributed by atoms with Crippen molar-refractivity contribution in [3.8, 4) is 11.5 Å². The quantitative estimate of drug-likeness (QED) is 0.544. The van der Waals surface area contributed by atoms with Gasteiger partial charge in [-0.05, 0) is 49.9 Å². The van der Waals surface area contributed by atoms with E-state index in [1.807, 2.05) is 18.2 Å². The van der Waals surface area contributed by atoms with Gasteiger partial charge in [-0.2, -0.15) is 5.10 Å². The normalized spacial score (nSPS) is 18.4. The highest BCUT2D eigenvalue weighted by molar-refractivity contribution is 6.31. The average molecular weight is 395 g/mol. The van der Waals surface area contributed by atoms with Crippen LogP contribution in [0.5, 0.6) is 0 Å². The third-order valence-electron chi connectivity index (χ3n) is 5.71. The van der Waals surface area contributed by atoms with Crippen LogP contribution in [0.3, 0.4) is 0 Å². The van der Waals surface area contributed by atoms with Gasteiger partial charge in [0.1, 0.15) is 5.69 Å². The zero-order valence-electron chi connectivity index (χ0n) is 16.0. The van der Waals surface area contributed by atoms with Gasteiger partial charge in [0, 0.05) is 41.8 Å². The van der Waals surface area contributed by atoms with E-state index >= 15 is 0 Å². The summed E-state index contributed by atoms with van der Waals surface area (Å²) in [5, 5.41) is 9.19. The number of fused-ring (bicyclic) bond motifs is 2. The van der Waals surface area contributed by atoms with E-state index in [1.165, 1.54) is 5.69 Å². The van der Waals surface area contributed by atoms with Crippen molar-refractivity contribution < 1.29 is 0 Å². The minimum absolute atomic E-state index is 0.494. The minimum Gasteiger partial charge on any atom is -0.366 e. The number of nitrogens with one attached hydrogen (secondary N) is 2. The average Bonchev–Trinajstić information content (AvgIpc) is 3.30. The van der Waals surface area contributed by atoms with Gasteiger partial charge >= 0.3 is 0 Å². The lowest BCUT2D eigenvalue weighted by molar-refractivity contribution is 0.240. The van der Waals surface area contributed by atoms with Gasteiger partial charge in [-0.3, -0.25) is 10.00 Å². The van der Waals surface area contributed by atoms with Crippen LogP contribution in [0, 0.1) is 0 Å². The Morgan fingerprint density at radius 1 is 1.14 bits per heavy atom. The number of benzene rings is 2. The van der Waals surface area contributed by atoms with Crippen LogP contribution in [0.25, 0.3) is 33.5 Å². The first-order valence-electron chi connectivity index (χ1n) is 9.75. The number of H-pyrrole nitrogens is 2. The molecule has 0 amide bonds. The van der Waals surface area contributed by atoms with E-state index in [0.29, 0.717) is 11.1 Å². The number of hydrogen-bond donors (Lipinski definition) is 2. The second-order valence-electron chi connectivity index (χ2n) is 7.48. The highest BCUT2D eigenvalue weighted by atomic mass is 35.5. The summed E-state index contributed by atoms with van der Waals surface area (Å²) >= 11 is 6.08. The Hall–Kier alpha value is -2.57. The molecule has 1 aliphatic heterocycles. The van der Waals surface area contributed by atoms with E-state index in [4.69, 9.17) is 16.6 Å². The van der Waals surface area contributed by atoms with Crippen molar-refractivity contribution in [1.82, 2.24) is 25.1 Å². The highest BCUT2D eigenvalue weighted by Crippen LogP contribution is 2.30. The fourth-order valence-corrected chi connectivity index (χ4v) is 4.34. The van der Waals surface area contributed by atoms with E-state index in [1.54, 1.807) is 0 Å². The van der Waals surface area contributed by atoms with Crippen LogP contribution >= 0.6 is 11.6 Å². The maximum Gasteiger partial charge on any atom is 0.159 e. The first-order valence-corrected chi connectivity index (χ1v) is 10.1. The molecule has 1 fully saturated rings. The molecule has 4 aromatic rings. The van der Waals surface area contributed by atoms with Crippen LogP contribution in [0.1, 0.15) is 13.8 Å². The van der Waals surface area contributed by atoms with Crippen molar-refractivity contribution in [3.05, 3.63) is 41.4 Å². The van der Waals surface area contributed by atoms with E-state index in [9.17, 15) is 0 Å². The summed E-state index contributed by atoms with van der Waals surface area (Å²) in [7, 11) is 0. The molecule has 144 valence electrons. The van der Waals surface area contributed by atoms with Crippen molar-refractivity contribution in [3.63, 3.8) is 0 Å². The number of hydrogen-bond acceptors (Lipinski definition) is 4. The van der Waals surface area contributed by atoms with Gasteiger partial charge in [-0.15, -0.1) is 0 Å². The standard InChI is InChI=1S/C21H23ClN6/c1-3-27-8-9-28(13(2)12-27)15-5-7-17-19(11-15)24-21(23-17)20-16-6-4-14(22)10-18(16)25-26-20/h4-7,10-11,13H,3,8-9,12H2,1-2H3,(H,23,24)(H,25,26)/t13-/m1/s1. The topological polar surface area (TPSA) is 63.8 Å². The molecule has 5 rings (SSSR count). The lowest BCUT2D eigenvalue weighted by atomic mass is 10.1. The molecule has 0 spiro atoms. The summed E-state index contributed by atoms with van der Waals surface area (Å²) in [5.74, 6) is 0.768. The number of piperazine rings is 1. The summed E-state index contributed by atoms with van der Waals surface area (Å²) in [6.45, 7) is 8.90. The monoisotopic (exact) mass is 394 g/mol. The molecule has 2 N–H and O–H groups in total. The Morgan fingerprint density at radius 2 is 2.04 bits per heavy atom. The van der Waals surface area contributed by atoms with Crippen LogP contribution in [0.2, 0.25) is 5.02 Å². The third-order valence-corrected chi connectivity index (χ3v) is 5.94. The number of imidazole rings is 1. The Morgan fingerprint density at radius 3 is 2.86 bits per heavy atom. The predicted octanol–water partition coefficient (Wildman–Crippen LogP) is 4.29. The minimum atomic E-state index is 0.494. The maximum atomic E-state index is 6.08. The molecular formula is C21H23ClN6. The zero-order valence-corrected chi connectivity index (χ0v) is 16.8.